The Morgan fingerprint density at radius 2 is 1.83 bits per heavy atom. The number of carbonyl (C=O) groups excluding carboxylic acids is 1. The molecule has 4 rings (SSSR count). The summed E-state index contributed by atoms with van der Waals surface area (Å²) in [5.74, 6) is -0.0688. The van der Waals surface area contributed by atoms with E-state index in [0.29, 0.717) is 25.2 Å². The van der Waals surface area contributed by atoms with Crippen LogP contribution in [0.5, 0.6) is 0 Å². The van der Waals surface area contributed by atoms with Crippen LogP contribution in [0, 0.1) is 34.0 Å². The zero-order valence-electron chi connectivity index (χ0n) is 15.1. The summed E-state index contributed by atoms with van der Waals surface area (Å²) in [6.07, 6.45) is 6.15. The van der Waals surface area contributed by atoms with E-state index in [4.69, 9.17) is 0 Å². The number of carbonyl (C=O) groups is 2. The van der Waals surface area contributed by atoms with Crippen molar-refractivity contribution in [1.82, 2.24) is 0 Å². The quantitative estimate of drug-likeness (QED) is 0.770. The minimum Gasteiger partial charge on any atom is -0.481 e. The van der Waals surface area contributed by atoms with Gasteiger partial charge in [0.25, 0.3) is 0 Å². The van der Waals surface area contributed by atoms with Gasteiger partial charge in [-0.1, -0.05) is 20.3 Å². The van der Waals surface area contributed by atoms with E-state index in [9.17, 15) is 19.8 Å². The molecule has 4 aliphatic carbocycles. The second-order valence-corrected chi connectivity index (χ2v) is 9.68. The molecule has 0 saturated heterocycles. The van der Waals surface area contributed by atoms with E-state index in [1.807, 2.05) is 13.8 Å². The highest BCUT2D eigenvalue weighted by Crippen LogP contribution is 2.72. The van der Waals surface area contributed by atoms with Crippen LogP contribution in [0.3, 0.4) is 0 Å². The summed E-state index contributed by atoms with van der Waals surface area (Å²) in [7, 11) is 0. The Labute approximate surface area is 144 Å². The van der Waals surface area contributed by atoms with Crippen LogP contribution in [-0.4, -0.2) is 27.6 Å². The maximum Gasteiger partial charge on any atom is 0.309 e. The third-order valence-corrected chi connectivity index (χ3v) is 9.10. The molecule has 2 N–H and O–H groups in total. The Balaban J connectivity index is 1.85. The van der Waals surface area contributed by atoms with Crippen molar-refractivity contribution in [3.8, 4) is 0 Å². The van der Waals surface area contributed by atoms with Crippen molar-refractivity contribution in [2.45, 2.75) is 77.7 Å². The second-order valence-electron chi connectivity index (χ2n) is 9.68. The Bertz CT molecular complexity index is 615. The van der Waals surface area contributed by atoms with E-state index in [-0.39, 0.29) is 17.6 Å². The lowest BCUT2D eigenvalue weighted by Crippen LogP contribution is -2.70. The van der Waals surface area contributed by atoms with Gasteiger partial charge in [-0.2, -0.15) is 0 Å². The van der Waals surface area contributed by atoms with Gasteiger partial charge in [0, 0.05) is 11.3 Å². The van der Waals surface area contributed by atoms with Crippen molar-refractivity contribution in [2.24, 2.45) is 34.0 Å². The molecule has 0 aromatic heterocycles. The van der Waals surface area contributed by atoms with Gasteiger partial charge < -0.3 is 10.2 Å². The lowest BCUT2D eigenvalue weighted by molar-refractivity contribution is -0.255. The highest BCUT2D eigenvalue weighted by atomic mass is 16.4. The van der Waals surface area contributed by atoms with Gasteiger partial charge in [-0.25, -0.2) is 0 Å². The molecular weight excluding hydrogens is 304 g/mol. The fraction of sp³-hybridized carbons (Fsp3) is 0.900. The van der Waals surface area contributed by atoms with E-state index in [0.717, 1.165) is 32.1 Å². The van der Waals surface area contributed by atoms with Gasteiger partial charge in [0.2, 0.25) is 0 Å². The van der Waals surface area contributed by atoms with Crippen LogP contribution >= 0.6 is 0 Å². The molecular formula is C20H30O4. The number of carboxylic acid groups (broad SMARTS) is 1. The summed E-state index contributed by atoms with van der Waals surface area (Å²) in [5.41, 5.74) is -2.90. The standard InChI is InChI=1S/C20H30O4/c1-12-13-5-10-20(24)18(3)8-4-7-17(2,16(22)23)14(18)6-9-19(20,11-13)15(12)21/h12-14,24H,4-11H2,1-3H3,(H,22,23)/t12-,13?,14-,17-,18-,19+,20-/m1/s1. The lowest BCUT2D eigenvalue weighted by atomic mass is 9.38. The molecule has 0 radical (unpaired) electrons. The normalized spacial score (nSPS) is 56.5. The molecule has 4 heteroatoms. The first-order valence-electron chi connectivity index (χ1n) is 9.62. The van der Waals surface area contributed by atoms with Gasteiger partial charge in [-0.05, 0) is 63.7 Å². The first-order chi connectivity index (χ1) is 11.1. The molecule has 0 aromatic carbocycles. The Morgan fingerprint density at radius 1 is 1.12 bits per heavy atom. The van der Waals surface area contributed by atoms with Crippen LogP contribution in [0.4, 0.5) is 0 Å². The molecule has 1 unspecified atom stereocenters. The Morgan fingerprint density at radius 3 is 2.50 bits per heavy atom. The molecule has 4 saturated carbocycles. The van der Waals surface area contributed by atoms with Crippen LogP contribution in [0.2, 0.25) is 0 Å². The molecule has 7 atom stereocenters. The first-order valence-corrected chi connectivity index (χ1v) is 9.62. The monoisotopic (exact) mass is 334 g/mol. The SMILES string of the molecule is C[C@H]1C(=O)[C@@]23CC[C@@H]4[C@](C)(C(=O)O)CCC[C@@]4(C)[C@]2(O)CCC1C3. The van der Waals surface area contributed by atoms with E-state index < -0.39 is 27.8 Å². The number of fused-ring (bicyclic) bond motifs is 3. The summed E-state index contributed by atoms with van der Waals surface area (Å²) in [5, 5.41) is 21.9. The van der Waals surface area contributed by atoms with E-state index in [2.05, 4.69) is 6.92 Å². The number of hydrogen-bond acceptors (Lipinski definition) is 3. The van der Waals surface area contributed by atoms with Crippen LogP contribution in [0.25, 0.3) is 0 Å². The van der Waals surface area contributed by atoms with Gasteiger partial charge in [-0.15, -0.1) is 0 Å². The van der Waals surface area contributed by atoms with Crippen molar-refractivity contribution in [2.75, 3.05) is 0 Å². The number of aliphatic carboxylic acids is 1. The summed E-state index contributed by atoms with van der Waals surface area (Å²) < 4.78 is 0. The summed E-state index contributed by atoms with van der Waals surface area (Å²) in [6, 6.07) is 0. The molecule has 0 aromatic rings. The maximum absolute atomic E-state index is 13.2. The number of hydrogen-bond donors (Lipinski definition) is 2. The van der Waals surface area contributed by atoms with E-state index >= 15 is 0 Å². The van der Waals surface area contributed by atoms with Crippen molar-refractivity contribution in [3.63, 3.8) is 0 Å². The maximum atomic E-state index is 13.2. The molecule has 4 fully saturated rings. The van der Waals surface area contributed by atoms with Gasteiger partial charge in [0.1, 0.15) is 5.78 Å². The number of carboxylic acids is 1. The average Bonchev–Trinajstić information content (AvgIpc) is 2.73. The average molecular weight is 334 g/mol. The van der Waals surface area contributed by atoms with Crippen LogP contribution < -0.4 is 0 Å². The summed E-state index contributed by atoms with van der Waals surface area (Å²) >= 11 is 0. The third kappa shape index (κ3) is 1.55. The van der Waals surface area contributed by atoms with Crippen molar-refractivity contribution >= 4 is 11.8 Å². The predicted molar refractivity (Wildman–Crippen MR) is 89.3 cm³/mol. The second kappa shape index (κ2) is 4.63. The zero-order chi connectivity index (χ0) is 17.5. The van der Waals surface area contributed by atoms with Gasteiger partial charge >= 0.3 is 5.97 Å². The highest BCUT2D eigenvalue weighted by Gasteiger charge is 2.75. The van der Waals surface area contributed by atoms with Crippen molar-refractivity contribution in [3.05, 3.63) is 0 Å². The smallest absolute Gasteiger partial charge is 0.309 e. The van der Waals surface area contributed by atoms with Crippen molar-refractivity contribution < 1.29 is 19.8 Å². The number of ketones is 1. The Hall–Kier alpha value is -0.900. The molecule has 4 nitrogen and oxygen atoms in total. The minimum atomic E-state index is -1.03. The molecule has 0 aliphatic heterocycles. The lowest BCUT2D eigenvalue weighted by Gasteiger charge is -2.66. The fourth-order valence-electron chi connectivity index (χ4n) is 7.65. The third-order valence-electron chi connectivity index (χ3n) is 9.10. The van der Waals surface area contributed by atoms with Gasteiger partial charge in [0.15, 0.2) is 0 Å². The first kappa shape index (κ1) is 16.6. The van der Waals surface area contributed by atoms with Crippen LogP contribution in [0.1, 0.15) is 72.1 Å². The minimum absolute atomic E-state index is 0.0490. The Kier molecular flexibility index (Phi) is 3.19. The molecule has 0 heterocycles. The predicted octanol–water partition coefficient (Wildman–Crippen LogP) is 3.41. The molecule has 24 heavy (non-hydrogen) atoms. The molecule has 4 aliphatic rings. The number of aliphatic hydroxyl groups is 1. The highest BCUT2D eigenvalue weighted by molar-refractivity contribution is 5.91. The van der Waals surface area contributed by atoms with Crippen LogP contribution in [0.15, 0.2) is 0 Å². The fourth-order valence-corrected chi connectivity index (χ4v) is 7.65. The molecule has 2 bridgehead atoms. The molecule has 134 valence electrons. The summed E-state index contributed by atoms with van der Waals surface area (Å²) in [6.45, 7) is 5.99. The topological polar surface area (TPSA) is 74.6 Å². The van der Waals surface area contributed by atoms with Gasteiger partial charge in [0.05, 0.1) is 16.4 Å². The van der Waals surface area contributed by atoms with E-state index in [1.165, 1.54) is 0 Å². The van der Waals surface area contributed by atoms with E-state index in [1.54, 1.807) is 0 Å². The number of Topliss-reactive ketones (excluding diaryl/α,β-unsaturated/α-hetero) is 1. The van der Waals surface area contributed by atoms with Crippen molar-refractivity contribution in [1.29, 1.82) is 0 Å². The van der Waals surface area contributed by atoms with Gasteiger partial charge in [-0.3, -0.25) is 9.59 Å². The largest absolute Gasteiger partial charge is 0.481 e. The summed E-state index contributed by atoms with van der Waals surface area (Å²) in [4.78, 5) is 25.2. The molecule has 1 spiro atoms. The number of rotatable bonds is 1. The zero-order valence-corrected chi connectivity index (χ0v) is 15.1. The molecule has 0 amide bonds. The van der Waals surface area contributed by atoms with Crippen LogP contribution in [-0.2, 0) is 9.59 Å².